The third kappa shape index (κ3) is 3.22. The van der Waals surface area contributed by atoms with Gasteiger partial charge in [-0.2, -0.15) is 0 Å². The molecule has 0 amide bonds. The summed E-state index contributed by atoms with van der Waals surface area (Å²) in [4.78, 5) is 0. The van der Waals surface area contributed by atoms with Crippen LogP contribution in [0.2, 0.25) is 0 Å². The van der Waals surface area contributed by atoms with Crippen molar-refractivity contribution in [3.63, 3.8) is 0 Å². The van der Waals surface area contributed by atoms with E-state index in [1.54, 1.807) is 14.2 Å². The van der Waals surface area contributed by atoms with Crippen LogP contribution in [0.4, 0.5) is 0 Å². The maximum atomic E-state index is 5.52. The summed E-state index contributed by atoms with van der Waals surface area (Å²) >= 11 is 0. The molecule has 0 saturated carbocycles. The fourth-order valence-electron chi connectivity index (χ4n) is 3.39. The molecule has 1 aromatic carbocycles. The number of rotatable bonds is 4. The summed E-state index contributed by atoms with van der Waals surface area (Å²) in [5, 5.41) is 1.45. The van der Waals surface area contributed by atoms with Crippen molar-refractivity contribution in [1.82, 2.24) is 0 Å². The number of hydrogen-bond acceptors (Lipinski definition) is 2. The first-order chi connectivity index (χ1) is 10.4. The van der Waals surface area contributed by atoms with Crippen LogP contribution in [0.3, 0.4) is 0 Å². The van der Waals surface area contributed by atoms with Gasteiger partial charge in [0.25, 0.3) is 0 Å². The standard InChI is InChI=1S/C19H27O2P/c1-12-8-16(9-13(2)18(12)20-5)22(7)17-10-14(3)19(21-6)15(4)11-17/h8-10,17H,11H2,1-7H3. The Kier molecular flexibility index (Phi) is 5.34. The lowest BCUT2D eigenvalue weighted by Crippen LogP contribution is -2.17. The van der Waals surface area contributed by atoms with Crippen LogP contribution in [0.25, 0.3) is 0 Å². The van der Waals surface area contributed by atoms with Crippen molar-refractivity contribution >= 4 is 13.2 Å². The molecule has 0 fully saturated rings. The molecule has 0 N–H and O–H groups in total. The molecule has 0 saturated heterocycles. The van der Waals surface area contributed by atoms with E-state index in [1.807, 2.05) is 0 Å². The number of hydrogen-bond donors (Lipinski definition) is 0. The van der Waals surface area contributed by atoms with E-state index in [-0.39, 0.29) is 7.92 Å². The van der Waals surface area contributed by atoms with E-state index in [4.69, 9.17) is 9.47 Å². The van der Waals surface area contributed by atoms with Crippen molar-refractivity contribution in [2.75, 3.05) is 20.9 Å². The average Bonchev–Trinajstić information content (AvgIpc) is 2.45. The molecule has 2 atom stereocenters. The molecule has 2 rings (SSSR count). The van der Waals surface area contributed by atoms with Gasteiger partial charge >= 0.3 is 0 Å². The van der Waals surface area contributed by atoms with Crippen LogP contribution in [-0.4, -0.2) is 26.5 Å². The van der Waals surface area contributed by atoms with Crippen molar-refractivity contribution in [2.24, 2.45) is 0 Å². The molecular weight excluding hydrogens is 291 g/mol. The first kappa shape index (κ1) is 17.1. The molecule has 0 spiro atoms. The molecule has 22 heavy (non-hydrogen) atoms. The number of benzene rings is 1. The van der Waals surface area contributed by atoms with Gasteiger partial charge in [0.1, 0.15) is 11.5 Å². The minimum absolute atomic E-state index is 0.243. The summed E-state index contributed by atoms with van der Waals surface area (Å²) in [6, 6.07) is 4.59. The van der Waals surface area contributed by atoms with Gasteiger partial charge in [-0.15, -0.1) is 0 Å². The Hall–Kier alpha value is -1.27. The minimum Gasteiger partial charge on any atom is -0.497 e. The molecule has 3 heteroatoms. The predicted molar refractivity (Wildman–Crippen MR) is 96.8 cm³/mol. The van der Waals surface area contributed by atoms with Crippen molar-refractivity contribution in [1.29, 1.82) is 0 Å². The summed E-state index contributed by atoms with van der Waals surface area (Å²) in [5.74, 6) is 2.09. The van der Waals surface area contributed by atoms with Gasteiger partial charge in [0.15, 0.2) is 0 Å². The normalized spacial score (nSPS) is 19.8. The molecule has 1 aliphatic carbocycles. The highest BCUT2D eigenvalue weighted by molar-refractivity contribution is 7.65. The van der Waals surface area contributed by atoms with E-state index in [1.165, 1.54) is 27.6 Å². The van der Waals surface area contributed by atoms with Gasteiger partial charge in [-0.1, -0.05) is 14.0 Å². The van der Waals surface area contributed by atoms with Gasteiger partial charge in [0.2, 0.25) is 0 Å². The highest BCUT2D eigenvalue weighted by Gasteiger charge is 2.24. The highest BCUT2D eigenvalue weighted by atomic mass is 31.1. The first-order valence-electron chi connectivity index (χ1n) is 7.69. The minimum atomic E-state index is -0.243. The van der Waals surface area contributed by atoms with Gasteiger partial charge in [0.05, 0.1) is 14.2 Å². The van der Waals surface area contributed by atoms with E-state index in [2.05, 4.69) is 52.6 Å². The molecule has 0 aliphatic heterocycles. The van der Waals surface area contributed by atoms with E-state index < -0.39 is 0 Å². The first-order valence-corrected chi connectivity index (χ1v) is 9.55. The fourth-order valence-corrected chi connectivity index (χ4v) is 5.57. The number of methoxy groups -OCH3 is 2. The summed E-state index contributed by atoms with van der Waals surface area (Å²) in [6.45, 7) is 11.0. The molecule has 2 nitrogen and oxygen atoms in total. The van der Waals surface area contributed by atoms with Crippen LogP contribution in [0.1, 0.15) is 31.4 Å². The zero-order chi connectivity index (χ0) is 16.4. The number of allylic oxidation sites excluding steroid dienone is 3. The zero-order valence-electron chi connectivity index (χ0n) is 14.8. The second kappa shape index (κ2) is 6.87. The third-order valence-electron chi connectivity index (χ3n) is 4.46. The maximum absolute atomic E-state index is 5.52. The lowest BCUT2D eigenvalue weighted by molar-refractivity contribution is 0.293. The molecule has 0 aromatic heterocycles. The second-order valence-corrected chi connectivity index (χ2v) is 8.56. The van der Waals surface area contributed by atoms with Gasteiger partial charge in [0, 0.05) is 5.66 Å². The molecule has 0 heterocycles. The summed E-state index contributed by atoms with van der Waals surface area (Å²) in [7, 11) is 3.27. The Morgan fingerprint density at radius 1 is 1.00 bits per heavy atom. The Morgan fingerprint density at radius 2 is 1.59 bits per heavy atom. The van der Waals surface area contributed by atoms with E-state index >= 15 is 0 Å². The van der Waals surface area contributed by atoms with E-state index in [0.717, 1.165) is 17.9 Å². The zero-order valence-corrected chi connectivity index (χ0v) is 15.7. The van der Waals surface area contributed by atoms with Crippen molar-refractivity contribution in [3.05, 3.63) is 46.2 Å². The lowest BCUT2D eigenvalue weighted by atomic mass is 9.99. The Morgan fingerprint density at radius 3 is 2.05 bits per heavy atom. The van der Waals surface area contributed by atoms with Gasteiger partial charge < -0.3 is 9.47 Å². The summed E-state index contributed by atoms with van der Waals surface area (Å²) < 4.78 is 11.0. The second-order valence-electron chi connectivity index (χ2n) is 6.16. The van der Waals surface area contributed by atoms with E-state index in [0.29, 0.717) is 5.66 Å². The largest absolute Gasteiger partial charge is 0.497 e. The molecule has 2 unspecified atom stereocenters. The highest BCUT2D eigenvalue weighted by Crippen LogP contribution is 2.45. The van der Waals surface area contributed by atoms with Crippen LogP contribution < -0.4 is 10.0 Å². The van der Waals surface area contributed by atoms with Gasteiger partial charge in [-0.05, 0) is 80.5 Å². The molecule has 120 valence electrons. The fraction of sp³-hybridized carbons (Fsp3) is 0.474. The molecule has 0 bridgehead atoms. The molecule has 1 aliphatic rings. The van der Waals surface area contributed by atoms with Crippen molar-refractivity contribution in [3.8, 4) is 5.75 Å². The SMILES string of the molecule is COC1=C(C)CC(P(C)c2cc(C)c(OC)c(C)c2)C=C1C. The maximum Gasteiger partial charge on any atom is 0.124 e. The molecule has 0 radical (unpaired) electrons. The van der Waals surface area contributed by atoms with Crippen LogP contribution in [0.5, 0.6) is 5.75 Å². The Bertz CT molecular complexity index is 605. The smallest absolute Gasteiger partial charge is 0.124 e. The van der Waals surface area contributed by atoms with Crippen LogP contribution in [0, 0.1) is 13.8 Å². The average molecular weight is 318 g/mol. The monoisotopic (exact) mass is 318 g/mol. The molecule has 1 aromatic rings. The van der Waals surface area contributed by atoms with Crippen molar-refractivity contribution < 1.29 is 9.47 Å². The molecular formula is C19H27O2P. The number of ether oxygens (including phenoxy) is 2. The van der Waals surface area contributed by atoms with Crippen LogP contribution in [0.15, 0.2) is 35.1 Å². The van der Waals surface area contributed by atoms with Crippen LogP contribution >= 0.6 is 7.92 Å². The van der Waals surface area contributed by atoms with Gasteiger partial charge in [-0.25, -0.2) is 0 Å². The number of aryl methyl sites for hydroxylation is 2. The lowest BCUT2D eigenvalue weighted by Gasteiger charge is -2.29. The predicted octanol–water partition coefficient (Wildman–Crippen LogP) is 4.69. The summed E-state index contributed by atoms with van der Waals surface area (Å²) in [6.07, 6.45) is 3.49. The quantitative estimate of drug-likeness (QED) is 0.750. The Balaban J connectivity index is 2.31. The van der Waals surface area contributed by atoms with E-state index in [9.17, 15) is 0 Å². The summed E-state index contributed by atoms with van der Waals surface area (Å²) in [5.41, 5.74) is 5.68. The topological polar surface area (TPSA) is 18.5 Å². The van der Waals surface area contributed by atoms with Gasteiger partial charge in [-0.3, -0.25) is 0 Å². The van der Waals surface area contributed by atoms with Crippen LogP contribution in [-0.2, 0) is 4.74 Å². The third-order valence-corrected chi connectivity index (χ3v) is 6.86. The van der Waals surface area contributed by atoms with Crippen molar-refractivity contribution in [2.45, 2.75) is 39.8 Å². The Labute approximate surface area is 136 Å².